The normalized spacial score (nSPS) is 24.7. The molecule has 4 aliphatic rings. The van der Waals surface area contributed by atoms with Gasteiger partial charge in [-0.3, -0.25) is 14.5 Å². The van der Waals surface area contributed by atoms with Crippen molar-refractivity contribution in [2.75, 3.05) is 19.6 Å². The number of amides is 2. The SMILES string of the molecule is Cc1nc2ccccc2n1C1C[C@H]2CC[C@@H](C1)N2CCC1(c2cccc(F)c2)CCN(C(=O)C2=C(C(=O)NC(C)C)CCC2)CC1. The second kappa shape index (κ2) is 12.6. The first-order chi connectivity index (χ1) is 22.2. The maximum atomic E-state index is 14.6. The van der Waals surface area contributed by atoms with Gasteiger partial charge >= 0.3 is 0 Å². The fourth-order valence-electron chi connectivity index (χ4n) is 9.20. The van der Waals surface area contributed by atoms with E-state index < -0.39 is 0 Å². The molecule has 7 nitrogen and oxygen atoms in total. The minimum absolute atomic E-state index is 0.0154. The summed E-state index contributed by atoms with van der Waals surface area (Å²) in [7, 11) is 0. The number of aromatic nitrogens is 2. The smallest absolute Gasteiger partial charge is 0.250 e. The number of piperidine rings is 2. The van der Waals surface area contributed by atoms with Crippen molar-refractivity contribution in [2.24, 2.45) is 0 Å². The monoisotopic (exact) mass is 625 g/mol. The van der Waals surface area contributed by atoms with Gasteiger partial charge in [-0.25, -0.2) is 9.37 Å². The van der Waals surface area contributed by atoms with Gasteiger partial charge in [-0.05, 0) is 127 Å². The third kappa shape index (κ3) is 5.78. The van der Waals surface area contributed by atoms with Gasteiger partial charge in [0, 0.05) is 48.4 Å². The fourth-order valence-corrected chi connectivity index (χ4v) is 9.20. The summed E-state index contributed by atoms with van der Waals surface area (Å²) < 4.78 is 17.1. The van der Waals surface area contributed by atoms with E-state index in [2.05, 4.69) is 52.0 Å². The number of imidazole rings is 1. The molecular weight excluding hydrogens is 577 g/mol. The standard InChI is InChI=1S/C38H48FN5O2/c1-25(2)40-36(45)32-10-7-11-33(32)37(46)42-19-16-38(17-20-42,27-8-6-9-28(39)22-27)18-21-43-29-14-15-30(43)24-31(23-29)44-26(3)41-34-12-4-5-13-35(34)44/h4-6,8-9,12-13,22,25,29-31H,7,10-11,14-21,23-24H2,1-3H3,(H,40,45)/t29-,30+,31?. The van der Waals surface area contributed by atoms with Crippen LogP contribution in [0.2, 0.25) is 0 Å². The molecule has 46 heavy (non-hydrogen) atoms. The van der Waals surface area contributed by atoms with Crippen LogP contribution in [0.4, 0.5) is 4.39 Å². The number of carbonyl (C=O) groups is 2. The predicted molar refractivity (Wildman–Crippen MR) is 179 cm³/mol. The van der Waals surface area contributed by atoms with Crippen LogP contribution in [0, 0.1) is 12.7 Å². The van der Waals surface area contributed by atoms with Crippen molar-refractivity contribution >= 4 is 22.8 Å². The van der Waals surface area contributed by atoms with Crippen molar-refractivity contribution in [3.63, 3.8) is 0 Å². The third-order valence-electron chi connectivity index (χ3n) is 11.5. The zero-order chi connectivity index (χ0) is 32.0. The Morgan fingerprint density at radius 3 is 2.41 bits per heavy atom. The van der Waals surface area contributed by atoms with Gasteiger partial charge in [-0.1, -0.05) is 24.3 Å². The Morgan fingerprint density at radius 1 is 0.978 bits per heavy atom. The first-order valence-electron chi connectivity index (χ1n) is 17.5. The average molecular weight is 626 g/mol. The minimum Gasteiger partial charge on any atom is -0.350 e. The van der Waals surface area contributed by atoms with Gasteiger partial charge in [0.25, 0.3) is 0 Å². The summed E-state index contributed by atoms with van der Waals surface area (Å²) in [6.45, 7) is 8.27. The van der Waals surface area contributed by atoms with Crippen molar-refractivity contribution in [2.45, 2.75) is 115 Å². The van der Waals surface area contributed by atoms with E-state index in [4.69, 9.17) is 4.98 Å². The molecule has 244 valence electrons. The lowest BCUT2D eigenvalue weighted by Gasteiger charge is -2.46. The van der Waals surface area contributed by atoms with Crippen LogP contribution in [0.15, 0.2) is 59.7 Å². The van der Waals surface area contributed by atoms with Gasteiger partial charge in [0.2, 0.25) is 11.8 Å². The maximum absolute atomic E-state index is 14.6. The lowest BCUT2D eigenvalue weighted by atomic mass is 9.70. The molecular formula is C38H48FN5O2. The largest absolute Gasteiger partial charge is 0.350 e. The summed E-state index contributed by atoms with van der Waals surface area (Å²) in [5.41, 5.74) is 4.55. The number of rotatable bonds is 8. The van der Waals surface area contributed by atoms with E-state index in [0.29, 0.717) is 55.2 Å². The second-order valence-electron chi connectivity index (χ2n) is 14.5. The molecule has 2 bridgehead atoms. The number of hydrogen-bond donors (Lipinski definition) is 1. The number of benzene rings is 2. The fraction of sp³-hybridized carbons (Fsp3) is 0.553. The molecule has 3 atom stereocenters. The van der Waals surface area contributed by atoms with Crippen LogP contribution in [0.25, 0.3) is 11.0 Å². The highest BCUT2D eigenvalue weighted by molar-refractivity contribution is 6.05. The Morgan fingerprint density at radius 2 is 1.70 bits per heavy atom. The Bertz CT molecular complexity index is 1640. The zero-order valence-corrected chi connectivity index (χ0v) is 27.6. The lowest BCUT2D eigenvalue weighted by Crippen LogP contribution is -2.49. The topological polar surface area (TPSA) is 70.5 Å². The van der Waals surface area contributed by atoms with Gasteiger partial charge in [-0.2, -0.15) is 0 Å². The first-order valence-corrected chi connectivity index (χ1v) is 17.5. The third-order valence-corrected chi connectivity index (χ3v) is 11.5. The number of nitrogens with zero attached hydrogens (tertiary/aromatic N) is 4. The van der Waals surface area contributed by atoms with E-state index in [9.17, 15) is 14.0 Å². The minimum atomic E-state index is -0.198. The van der Waals surface area contributed by atoms with Crippen LogP contribution >= 0.6 is 0 Å². The number of likely N-dealkylation sites (tertiary alicyclic amines) is 1. The molecule has 4 heterocycles. The molecule has 1 N–H and O–H groups in total. The molecule has 3 aromatic rings. The van der Waals surface area contributed by atoms with E-state index in [1.54, 1.807) is 6.07 Å². The van der Waals surface area contributed by atoms with E-state index in [1.807, 2.05) is 24.8 Å². The number of nitrogens with one attached hydrogen (secondary N) is 1. The molecule has 1 aromatic heterocycles. The molecule has 1 aliphatic carbocycles. The lowest BCUT2D eigenvalue weighted by molar-refractivity contribution is -0.129. The van der Waals surface area contributed by atoms with Gasteiger partial charge < -0.3 is 14.8 Å². The Hall–Kier alpha value is -3.52. The quantitative estimate of drug-likeness (QED) is 0.306. The predicted octanol–water partition coefficient (Wildman–Crippen LogP) is 6.61. The number of carbonyl (C=O) groups excluding carboxylic acids is 2. The molecule has 3 saturated heterocycles. The number of para-hydroxylation sites is 2. The summed E-state index contributed by atoms with van der Waals surface area (Å²) in [4.78, 5) is 36.2. The number of aryl methyl sites for hydroxylation is 1. The Labute approximate surface area is 272 Å². The Kier molecular flexibility index (Phi) is 8.51. The molecule has 2 amide bonds. The highest BCUT2D eigenvalue weighted by Crippen LogP contribution is 2.45. The van der Waals surface area contributed by atoms with Crippen molar-refractivity contribution in [1.29, 1.82) is 0 Å². The molecule has 0 spiro atoms. The van der Waals surface area contributed by atoms with Crippen LogP contribution < -0.4 is 5.32 Å². The van der Waals surface area contributed by atoms with Crippen LogP contribution in [-0.4, -0.2) is 68.9 Å². The van der Waals surface area contributed by atoms with Crippen molar-refractivity contribution in [3.8, 4) is 0 Å². The molecule has 3 fully saturated rings. The highest BCUT2D eigenvalue weighted by Gasteiger charge is 2.44. The zero-order valence-electron chi connectivity index (χ0n) is 27.6. The van der Waals surface area contributed by atoms with Crippen LogP contribution in [0.1, 0.15) is 95.5 Å². The van der Waals surface area contributed by atoms with E-state index in [1.165, 1.54) is 24.4 Å². The molecule has 1 unspecified atom stereocenters. The van der Waals surface area contributed by atoms with Gasteiger partial charge in [0.05, 0.1) is 11.0 Å². The molecule has 8 heteroatoms. The van der Waals surface area contributed by atoms with E-state index in [0.717, 1.165) is 62.0 Å². The number of fused-ring (bicyclic) bond motifs is 3. The van der Waals surface area contributed by atoms with E-state index >= 15 is 0 Å². The number of halogens is 1. The van der Waals surface area contributed by atoms with Crippen molar-refractivity contribution in [3.05, 3.63) is 76.9 Å². The van der Waals surface area contributed by atoms with Crippen LogP contribution in [-0.2, 0) is 15.0 Å². The van der Waals surface area contributed by atoms with Gasteiger partial charge in [-0.15, -0.1) is 0 Å². The molecule has 0 saturated carbocycles. The molecule has 3 aliphatic heterocycles. The summed E-state index contributed by atoms with van der Waals surface area (Å²) >= 11 is 0. The average Bonchev–Trinajstić information content (AvgIpc) is 3.73. The molecule has 7 rings (SSSR count). The van der Waals surface area contributed by atoms with Gasteiger partial charge in [0.15, 0.2) is 0 Å². The van der Waals surface area contributed by atoms with Gasteiger partial charge in [0.1, 0.15) is 11.6 Å². The van der Waals surface area contributed by atoms with Crippen molar-refractivity contribution in [1.82, 2.24) is 24.7 Å². The van der Waals surface area contributed by atoms with Crippen molar-refractivity contribution < 1.29 is 14.0 Å². The van der Waals surface area contributed by atoms with Crippen LogP contribution in [0.3, 0.4) is 0 Å². The summed E-state index contributed by atoms with van der Waals surface area (Å²) in [6.07, 6.45) is 9.45. The summed E-state index contributed by atoms with van der Waals surface area (Å²) in [6, 6.07) is 17.2. The van der Waals surface area contributed by atoms with Crippen LogP contribution in [0.5, 0.6) is 0 Å². The molecule has 0 radical (unpaired) electrons. The number of hydrogen-bond acceptors (Lipinski definition) is 4. The summed E-state index contributed by atoms with van der Waals surface area (Å²) in [5.74, 6) is 0.820. The second-order valence-corrected chi connectivity index (χ2v) is 14.5. The highest BCUT2D eigenvalue weighted by atomic mass is 19.1. The summed E-state index contributed by atoms with van der Waals surface area (Å²) in [5, 5.41) is 2.98. The van der Waals surface area contributed by atoms with E-state index in [-0.39, 0.29) is 29.1 Å². The maximum Gasteiger partial charge on any atom is 0.250 e. The Balaban J connectivity index is 1.06. The first kappa shape index (κ1) is 31.1. The molecule has 2 aromatic carbocycles.